The van der Waals surface area contributed by atoms with Crippen molar-refractivity contribution in [3.8, 4) is 0 Å². The van der Waals surface area contributed by atoms with Crippen molar-refractivity contribution in [2.75, 3.05) is 6.54 Å². The molecule has 5 nitrogen and oxygen atoms in total. The fourth-order valence-corrected chi connectivity index (χ4v) is 1.34. The summed E-state index contributed by atoms with van der Waals surface area (Å²) in [5.41, 5.74) is 0.440. The van der Waals surface area contributed by atoms with Crippen LogP contribution in [0.4, 0.5) is 5.69 Å². The van der Waals surface area contributed by atoms with Crippen LogP contribution in [0.3, 0.4) is 0 Å². The van der Waals surface area contributed by atoms with Crippen LogP contribution < -0.4 is 5.32 Å². The predicted molar refractivity (Wildman–Crippen MR) is 60.1 cm³/mol. The fraction of sp³-hybridized carbons (Fsp3) is 0.364. The quantitative estimate of drug-likeness (QED) is 0.608. The van der Waals surface area contributed by atoms with E-state index in [-0.39, 0.29) is 18.0 Å². The van der Waals surface area contributed by atoms with Gasteiger partial charge in [-0.05, 0) is 6.42 Å². The van der Waals surface area contributed by atoms with Crippen molar-refractivity contribution in [1.29, 1.82) is 0 Å². The zero-order valence-corrected chi connectivity index (χ0v) is 9.10. The normalized spacial score (nSPS) is 9.81. The highest BCUT2D eigenvalue weighted by molar-refractivity contribution is 5.79. The number of nitrogens with zero attached hydrogens (tertiary/aromatic N) is 1. The van der Waals surface area contributed by atoms with Gasteiger partial charge in [0.05, 0.1) is 11.3 Å². The Morgan fingerprint density at radius 3 is 2.75 bits per heavy atom. The average molecular weight is 222 g/mol. The van der Waals surface area contributed by atoms with Gasteiger partial charge in [0.2, 0.25) is 5.91 Å². The molecule has 0 fully saturated rings. The van der Waals surface area contributed by atoms with E-state index in [1.807, 2.05) is 6.92 Å². The molecular formula is C11H14N2O3. The van der Waals surface area contributed by atoms with E-state index in [1.54, 1.807) is 18.2 Å². The first kappa shape index (κ1) is 12.2. The zero-order chi connectivity index (χ0) is 12.0. The molecule has 0 spiro atoms. The van der Waals surface area contributed by atoms with E-state index < -0.39 is 4.92 Å². The fourth-order valence-electron chi connectivity index (χ4n) is 1.34. The van der Waals surface area contributed by atoms with Gasteiger partial charge >= 0.3 is 0 Å². The number of carbonyl (C=O) groups is 1. The smallest absolute Gasteiger partial charge is 0.273 e. The number of nitro benzene ring substituents is 1. The Balaban J connectivity index is 2.73. The second-order valence-corrected chi connectivity index (χ2v) is 3.41. The molecule has 16 heavy (non-hydrogen) atoms. The van der Waals surface area contributed by atoms with Gasteiger partial charge in [0.1, 0.15) is 0 Å². The summed E-state index contributed by atoms with van der Waals surface area (Å²) in [6.45, 7) is 2.55. The van der Waals surface area contributed by atoms with E-state index in [0.29, 0.717) is 12.1 Å². The second-order valence-electron chi connectivity index (χ2n) is 3.41. The maximum Gasteiger partial charge on any atom is 0.273 e. The van der Waals surface area contributed by atoms with Crippen LogP contribution in [0.5, 0.6) is 0 Å². The largest absolute Gasteiger partial charge is 0.356 e. The summed E-state index contributed by atoms with van der Waals surface area (Å²) in [5, 5.41) is 13.4. The number of nitro groups is 1. The van der Waals surface area contributed by atoms with Crippen molar-refractivity contribution in [1.82, 2.24) is 5.32 Å². The minimum atomic E-state index is -0.470. The highest BCUT2D eigenvalue weighted by atomic mass is 16.6. The Kier molecular flexibility index (Phi) is 4.44. The minimum absolute atomic E-state index is 0.00542. The molecule has 0 saturated carbocycles. The lowest BCUT2D eigenvalue weighted by molar-refractivity contribution is -0.385. The van der Waals surface area contributed by atoms with E-state index in [1.165, 1.54) is 6.07 Å². The van der Waals surface area contributed by atoms with Gasteiger partial charge in [-0.25, -0.2) is 0 Å². The molecule has 1 aromatic carbocycles. The summed E-state index contributed by atoms with van der Waals surface area (Å²) in [7, 11) is 0. The molecule has 0 aromatic heterocycles. The number of rotatable bonds is 5. The number of nitrogens with one attached hydrogen (secondary N) is 1. The molecule has 0 heterocycles. The first-order valence-corrected chi connectivity index (χ1v) is 5.14. The molecule has 0 aliphatic rings. The van der Waals surface area contributed by atoms with Crippen LogP contribution in [0.15, 0.2) is 24.3 Å². The summed E-state index contributed by atoms with van der Waals surface area (Å²) in [4.78, 5) is 21.6. The van der Waals surface area contributed by atoms with Crippen LogP contribution in [0, 0.1) is 10.1 Å². The molecule has 1 N–H and O–H groups in total. The average Bonchev–Trinajstić information content (AvgIpc) is 2.27. The SMILES string of the molecule is CCCNC(=O)Cc1ccccc1[N+](=O)[O-]. The number of amides is 1. The summed E-state index contributed by atoms with van der Waals surface area (Å²) in [5.74, 6) is -0.184. The van der Waals surface area contributed by atoms with E-state index in [9.17, 15) is 14.9 Å². The van der Waals surface area contributed by atoms with Crippen LogP contribution in [0.2, 0.25) is 0 Å². The van der Waals surface area contributed by atoms with Crippen molar-refractivity contribution < 1.29 is 9.72 Å². The summed E-state index contributed by atoms with van der Waals surface area (Å²) < 4.78 is 0. The van der Waals surface area contributed by atoms with Gasteiger partial charge in [-0.3, -0.25) is 14.9 Å². The lowest BCUT2D eigenvalue weighted by atomic mass is 10.1. The number of hydrogen-bond acceptors (Lipinski definition) is 3. The van der Waals surface area contributed by atoms with Gasteiger partial charge in [-0.15, -0.1) is 0 Å². The molecule has 0 aliphatic carbocycles. The van der Waals surface area contributed by atoms with Gasteiger partial charge in [0, 0.05) is 18.2 Å². The first-order chi connectivity index (χ1) is 7.65. The summed E-state index contributed by atoms with van der Waals surface area (Å²) >= 11 is 0. The third kappa shape index (κ3) is 3.34. The lowest BCUT2D eigenvalue weighted by Gasteiger charge is -2.04. The molecule has 1 aromatic rings. The van der Waals surface area contributed by atoms with Crippen LogP contribution in [0.25, 0.3) is 0 Å². The predicted octanol–water partition coefficient (Wildman–Crippen LogP) is 1.66. The van der Waals surface area contributed by atoms with Crippen molar-refractivity contribution in [3.05, 3.63) is 39.9 Å². The Morgan fingerprint density at radius 2 is 2.12 bits per heavy atom. The van der Waals surface area contributed by atoms with Crippen molar-refractivity contribution >= 4 is 11.6 Å². The highest BCUT2D eigenvalue weighted by Crippen LogP contribution is 2.17. The molecule has 86 valence electrons. The third-order valence-corrected chi connectivity index (χ3v) is 2.11. The van der Waals surface area contributed by atoms with E-state index in [0.717, 1.165) is 6.42 Å². The molecule has 0 saturated heterocycles. The van der Waals surface area contributed by atoms with E-state index in [2.05, 4.69) is 5.32 Å². The number of hydrogen-bond donors (Lipinski definition) is 1. The molecular weight excluding hydrogens is 208 g/mol. The van der Waals surface area contributed by atoms with Crippen LogP contribution >= 0.6 is 0 Å². The van der Waals surface area contributed by atoms with Crippen LogP contribution in [-0.2, 0) is 11.2 Å². The number of carbonyl (C=O) groups excluding carboxylic acids is 1. The standard InChI is InChI=1S/C11H14N2O3/c1-2-7-12-11(14)8-9-5-3-4-6-10(9)13(15)16/h3-6H,2,7-8H2,1H3,(H,12,14). The molecule has 0 atom stereocenters. The van der Waals surface area contributed by atoms with Crippen LogP contribution in [-0.4, -0.2) is 17.4 Å². The second kappa shape index (κ2) is 5.85. The Hall–Kier alpha value is -1.91. The molecule has 0 bridgehead atoms. The Bertz CT molecular complexity index is 391. The van der Waals surface area contributed by atoms with Gasteiger partial charge in [0.15, 0.2) is 0 Å². The summed E-state index contributed by atoms with van der Waals surface area (Å²) in [6.07, 6.45) is 0.903. The molecule has 0 radical (unpaired) electrons. The maximum absolute atomic E-state index is 11.4. The lowest BCUT2D eigenvalue weighted by Crippen LogP contribution is -2.25. The highest BCUT2D eigenvalue weighted by Gasteiger charge is 2.14. The van der Waals surface area contributed by atoms with Gasteiger partial charge in [-0.1, -0.05) is 25.1 Å². The van der Waals surface area contributed by atoms with E-state index >= 15 is 0 Å². The van der Waals surface area contributed by atoms with E-state index in [4.69, 9.17) is 0 Å². The third-order valence-electron chi connectivity index (χ3n) is 2.11. The molecule has 1 amide bonds. The molecule has 1 rings (SSSR count). The van der Waals surface area contributed by atoms with Gasteiger partial charge in [-0.2, -0.15) is 0 Å². The minimum Gasteiger partial charge on any atom is -0.356 e. The van der Waals surface area contributed by atoms with Crippen molar-refractivity contribution in [3.63, 3.8) is 0 Å². The number of benzene rings is 1. The monoisotopic (exact) mass is 222 g/mol. The first-order valence-electron chi connectivity index (χ1n) is 5.14. The molecule has 0 aliphatic heterocycles. The number of para-hydroxylation sites is 1. The summed E-state index contributed by atoms with van der Waals surface area (Å²) in [6, 6.07) is 6.28. The zero-order valence-electron chi connectivity index (χ0n) is 9.10. The maximum atomic E-state index is 11.4. The molecule has 0 unspecified atom stereocenters. The van der Waals surface area contributed by atoms with Gasteiger partial charge < -0.3 is 5.32 Å². The molecule has 5 heteroatoms. The Labute approximate surface area is 93.6 Å². The van der Waals surface area contributed by atoms with Crippen LogP contribution in [0.1, 0.15) is 18.9 Å². The van der Waals surface area contributed by atoms with Crippen molar-refractivity contribution in [2.24, 2.45) is 0 Å². The van der Waals surface area contributed by atoms with Crippen molar-refractivity contribution in [2.45, 2.75) is 19.8 Å². The Morgan fingerprint density at radius 1 is 1.44 bits per heavy atom. The van der Waals surface area contributed by atoms with Gasteiger partial charge in [0.25, 0.3) is 5.69 Å². The topological polar surface area (TPSA) is 72.2 Å².